The summed E-state index contributed by atoms with van der Waals surface area (Å²) < 4.78 is 5.24. The average Bonchev–Trinajstić information content (AvgIpc) is 2.35. The topological polar surface area (TPSA) is 88.1 Å². The summed E-state index contributed by atoms with van der Waals surface area (Å²) in [5.41, 5.74) is 5.25. The van der Waals surface area contributed by atoms with E-state index in [0.717, 1.165) is 0 Å². The fourth-order valence-electron chi connectivity index (χ4n) is 1.84. The molecule has 1 aliphatic rings. The van der Waals surface area contributed by atoms with Crippen LogP contribution in [-0.4, -0.2) is 32.2 Å². The number of nitriles is 1. The highest BCUT2D eigenvalue weighted by molar-refractivity contribution is 5.83. The van der Waals surface area contributed by atoms with Crippen molar-refractivity contribution in [2.24, 2.45) is 11.1 Å². The number of hydrogen-bond donors (Lipinski definition) is 2. The minimum absolute atomic E-state index is 0.0104. The first-order valence-electron chi connectivity index (χ1n) is 5.68. The van der Waals surface area contributed by atoms with Gasteiger partial charge in [0, 0.05) is 32.7 Å². The van der Waals surface area contributed by atoms with E-state index >= 15 is 0 Å². The van der Waals surface area contributed by atoms with Gasteiger partial charge in [-0.05, 0) is 19.3 Å². The van der Waals surface area contributed by atoms with E-state index in [4.69, 9.17) is 15.7 Å². The lowest BCUT2D eigenvalue weighted by molar-refractivity contribution is -0.135. The molecule has 1 heterocycles. The summed E-state index contributed by atoms with van der Waals surface area (Å²) in [5.74, 6) is 0.0104. The van der Waals surface area contributed by atoms with Gasteiger partial charge in [-0.2, -0.15) is 5.26 Å². The second-order valence-corrected chi connectivity index (χ2v) is 4.11. The van der Waals surface area contributed by atoms with Crippen molar-refractivity contribution in [2.45, 2.75) is 25.7 Å². The molecule has 5 nitrogen and oxygen atoms in total. The third-order valence-electron chi connectivity index (χ3n) is 3.07. The smallest absolute Gasteiger partial charge is 0.227 e. The molecule has 0 atom stereocenters. The molecule has 1 amide bonds. The Morgan fingerprint density at radius 3 is 2.75 bits per heavy atom. The Balaban J connectivity index is 2.40. The molecule has 0 aromatic rings. The Kier molecular flexibility index (Phi) is 5.23. The third-order valence-corrected chi connectivity index (χ3v) is 3.07. The van der Waals surface area contributed by atoms with Crippen molar-refractivity contribution in [3.05, 3.63) is 0 Å². The summed E-state index contributed by atoms with van der Waals surface area (Å²) in [6, 6.07) is 2.05. The first-order valence-corrected chi connectivity index (χ1v) is 5.68. The highest BCUT2D eigenvalue weighted by atomic mass is 16.5. The van der Waals surface area contributed by atoms with Crippen molar-refractivity contribution < 1.29 is 9.53 Å². The van der Waals surface area contributed by atoms with Gasteiger partial charge in [0.05, 0.1) is 11.5 Å². The van der Waals surface area contributed by atoms with Gasteiger partial charge in [0.15, 0.2) is 0 Å². The van der Waals surface area contributed by atoms with Gasteiger partial charge in [-0.25, -0.2) is 0 Å². The van der Waals surface area contributed by atoms with Crippen LogP contribution in [-0.2, 0) is 9.53 Å². The van der Waals surface area contributed by atoms with Crippen LogP contribution in [0.25, 0.3) is 0 Å². The second kappa shape index (κ2) is 6.46. The van der Waals surface area contributed by atoms with Gasteiger partial charge in [0.1, 0.15) is 0 Å². The average molecular weight is 225 g/mol. The number of carbonyl (C=O) groups is 1. The Labute approximate surface area is 95.9 Å². The summed E-state index contributed by atoms with van der Waals surface area (Å²) >= 11 is 0. The predicted octanol–water partition coefficient (Wildman–Crippen LogP) is 0.162. The quantitative estimate of drug-likeness (QED) is 0.652. The van der Waals surface area contributed by atoms with Crippen molar-refractivity contribution in [3.63, 3.8) is 0 Å². The normalized spacial score (nSPS) is 18.8. The van der Waals surface area contributed by atoms with Crippen LogP contribution in [0.2, 0.25) is 0 Å². The Morgan fingerprint density at radius 2 is 2.19 bits per heavy atom. The number of carbonyl (C=O) groups excluding carboxylic acids is 1. The number of amides is 1. The van der Waals surface area contributed by atoms with Crippen molar-refractivity contribution in [3.8, 4) is 6.07 Å². The van der Waals surface area contributed by atoms with Gasteiger partial charge in [0.25, 0.3) is 0 Å². The van der Waals surface area contributed by atoms with E-state index < -0.39 is 5.41 Å². The van der Waals surface area contributed by atoms with E-state index in [1.54, 1.807) is 0 Å². The zero-order valence-corrected chi connectivity index (χ0v) is 9.50. The number of rotatable bonds is 5. The highest BCUT2D eigenvalue weighted by Crippen LogP contribution is 2.29. The monoisotopic (exact) mass is 225 g/mol. The second-order valence-electron chi connectivity index (χ2n) is 4.11. The molecule has 0 aliphatic carbocycles. The molecular formula is C11H19N3O2. The summed E-state index contributed by atoms with van der Waals surface area (Å²) in [6.07, 6.45) is 2.54. The van der Waals surface area contributed by atoms with Crippen LogP contribution in [0.3, 0.4) is 0 Å². The summed E-state index contributed by atoms with van der Waals surface area (Å²) in [4.78, 5) is 12.0. The van der Waals surface area contributed by atoms with Crippen LogP contribution < -0.4 is 11.1 Å². The number of nitrogens with two attached hydrogens (primary N) is 1. The maximum Gasteiger partial charge on any atom is 0.227 e. The predicted molar refractivity (Wildman–Crippen MR) is 59.4 cm³/mol. The third kappa shape index (κ3) is 3.19. The molecule has 0 aromatic carbocycles. The maximum absolute atomic E-state index is 12.0. The molecule has 1 saturated heterocycles. The van der Waals surface area contributed by atoms with Gasteiger partial charge in [-0.1, -0.05) is 0 Å². The maximum atomic E-state index is 12.0. The number of nitrogens with one attached hydrogen (secondary N) is 1. The number of nitrogens with zero attached hydrogens (tertiary/aromatic N) is 1. The van der Waals surface area contributed by atoms with Crippen LogP contribution in [0.5, 0.6) is 0 Å². The number of ether oxygens (including phenoxy) is 1. The molecule has 0 spiro atoms. The largest absolute Gasteiger partial charge is 0.381 e. The summed E-state index contributed by atoms with van der Waals surface area (Å²) in [6.45, 7) is 2.11. The first-order chi connectivity index (χ1) is 7.75. The van der Waals surface area contributed by atoms with Crippen LogP contribution in [0, 0.1) is 16.7 Å². The van der Waals surface area contributed by atoms with E-state index in [1.165, 1.54) is 0 Å². The first kappa shape index (κ1) is 12.9. The van der Waals surface area contributed by atoms with Gasteiger partial charge in [-0.3, -0.25) is 4.79 Å². The van der Waals surface area contributed by atoms with Crippen molar-refractivity contribution >= 4 is 5.91 Å². The molecule has 0 radical (unpaired) electrons. The lowest BCUT2D eigenvalue weighted by Gasteiger charge is -2.34. The molecule has 90 valence electrons. The fraction of sp³-hybridized carbons (Fsp3) is 0.818. The van der Waals surface area contributed by atoms with Crippen LogP contribution >= 0.6 is 0 Å². The Bertz CT molecular complexity index is 267. The summed E-state index contributed by atoms with van der Waals surface area (Å²) in [5, 5.41) is 11.2. The minimum atomic E-state index is -0.453. The standard InChI is InChI=1S/C11H19N3O2/c12-5-1-2-6-14-10(15)11(9-13)3-7-16-8-4-11/h1-4,6-9,13H2,(H,14,15). The van der Waals surface area contributed by atoms with E-state index in [1.807, 2.05) is 6.07 Å². The van der Waals surface area contributed by atoms with Gasteiger partial charge >= 0.3 is 0 Å². The molecular weight excluding hydrogens is 206 g/mol. The zero-order valence-electron chi connectivity index (χ0n) is 9.50. The SMILES string of the molecule is N#CCCCNC(=O)C1(CN)CCOCC1. The molecule has 0 saturated carbocycles. The van der Waals surface area contributed by atoms with E-state index in [0.29, 0.717) is 52.0 Å². The highest BCUT2D eigenvalue weighted by Gasteiger charge is 2.38. The molecule has 1 aliphatic heterocycles. The molecule has 0 bridgehead atoms. The minimum Gasteiger partial charge on any atom is -0.381 e. The lowest BCUT2D eigenvalue weighted by atomic mass is 9.79. The van der Waals surface area contributed by atoms with Crippen molar-refractivity contribution in [2.75, 3.05) is 26.3 Å². The molecule has 1 rings (SSSR count). The Hall–Kier alpha value is -1.12. The van der Waals surface area contributed by atoms with Gasteiger partial charge in [0.2, 0.25) is 5.91 Å². The fourth-order valence-corrected chi connectivity index (χ4v) is 1.84. The molecule has 5 heteroatoms. The van der Waals surface area contributed by atoms with Crippen molar-refractivity contribution in [1.82, 2.24) is 5.32 Å². The molecule has 16 heavy (non-hydrogen) atoms. The van der Waals surface area contributed by atoms with Crippen LogP contribution in [0.4, 0.5) is 0 Å². The Morgan fingerprint density at radius 1 is 1.50 bits per heavy atom. The number of unbranched alkanes of at least 4 members (excludes halogenated alkanes) is 1. The zero-order chi connectivity index (χ0) is 11.9. The number of hydrogen-bond acceptors (Lipinski definition) is 4. The van der Waals surface area contributed by atoms with Crippen molar-refractivity contribution in [1.29, 1.82) is 5.26 Å². The molecule has 0 aromatic heterocycles. The van der Waals surface area contributed by atoms with E-state index in [-0.39, 0.29) is 5.91 Å². The lowest BCUT2D eigenvalue weighted by Crippen LogP contribution is -2.49. The summed E-state index contributed by atoms with van der Waals surface area (Å²) in [7, 11) is 0. The van der Waals surface area contributed by atoms with E-state index in [9.17, 15) is 4.79 Å². The van der Waals surface area contributed by atoms with E-state index in [2.05, 4.69) is 5.32 Å². The van der Waals surface area contributed by atoms with Crippen LogP contribution in [0.1, 0.15) is 25.7 Å². The van der Waals surface area contributed by atoms with Gasteiger partial charge in [-0.15, -0.1) is 0 Å². The van der Waals surface area contributed by atoms with Crippen LogP contribution in [0.15, 0.2) is 0 Å². The molecule has 0 unspecified atom stereocenters. The molecule has 1 fully saturated rings. The molecule has 3 N–H and O–H groups in total. The van der Waals surface area contributed by atoms with Gasteiger partial charge < -0.3 is 15.8 Å².